The van der Waals surface area contributed by atoms with Crippen LogP contribution in [0.4, 0.5) is 24.5 Å². The number of nitro benzene ring substituents is 1. The first kappa shape index (κ1) is 14.6. The number of para-hydroxylation sites is 2. The summed E-state index contributed by atoms with van der Waals surface area (Å²) in [4.78, 5) is 10.3. The van der Waals surface area contributed by atoms with Crippen LogP contribution in [0.15, 0.2) is 24.3 Å². The van der Waals surface area contributed by atoms with Gasteiger partial charge in [0.05, 0.1) is 10.8 Å². The van der Waals surface area contributed by atoms with Gasteiger partial charge >= 0.3 is 6.18 Å². The van der Waals surface area contributed by atoms with E-state index in [1.807, 2.05) is 0 Å². The summed E-state index contributed by atoms with van der Waals surface area (Å²) in [5.74, 6) is -1.45. The number of anilines is 1. The Morgan fingerprint density at radius 3 is 2.50 bits per heavy atom. The van der Waals surface area contributed by atoms with Crippen LogP contribution < -0.4 is 5.32 Å². The molecule has 2 unspecified atom stereocenters. The molecule has 110 valence electrons. The van der Waals surface area contributed by atoms with E-state index in [4.69, 9.17) is 0 Å². The van der Waals surface area contributed by atoms with Gasteiger partial charge in [0, 0.05) is 12.1 Å². The molecule has 0 heterocycles. The molecule has 0 amide bonds. The van der Waals surface area contributed by atoms with E-state index in [9.17, 15) is 23.3 Å². The minimum Gasteiger partial charge on any atom is -0.376 e. The Hall–Kier alpha value is -1.79. The molecule has 0 radical (unpaired) electrons. The molecule has 20 heavy (non-hydrogen) atoms. The average Bonchev–Trinajstić information content (AvgIpc) is 2.38. The van der Waals surface area contributed by atoms with Gasteiger partial charge in [-0.1, -0.05) is 25.0 Å². The number of hydrogen-bond donors (Lipinski definition) is 1. The largest absolute Gasteiger partial charge is 0.393 e. The molecule has 2 rings (SSSR count). The molecule has 0 bridgehead atoms. The van der Waals surface area contributed by atoms with E-state index in [1.165, 1.54) is 18.2 Å². The van der Waals surface area contributed by atoms with E-state index in [0.29, 0.717) is 19.3 Å². The number of nitrogens with zero attached hydrogens (tertiary/aromatic N) is 1. The van der Waals surface area contributed by atoms with Gasteiger partial charge in [0.25, 0.3) is 5.69 Å². The van der Waals surface area contributed by atoms with Crippen LogP contribution >= 0.6 is 0 Å². The first-order valence-electron chi connectivity index (χ1n) is 6.46. The molecule has 1 aromatic rings. The molecule has 7 heteroatoms. The third-order valence-electron chi connectivity index (χ3n) is 3.63. The van der Waals surface area contributed by atoms with Gasteiger partial charge < -0.3 is 5.32 Å². The lowest BCUT2D eigenvalue weighted by atomic mass is 9.84. The van der Waals surface area contributed by atoms with Crippen molar-refractivity contribution in [2.24, 2.45) is 5.92 Å². The Labute approximate surface area is 114 Å². The second-order valence-corrected chi connectivity index (χ2v) is 4.96. The minimum absolute atomic E-state index is 0.0712. The fourth-order valence-corrected chi connectivity index (χ4v) is 2.65. The fourth-order valence-electron chi connectivity index (χ4n) is 2.65. The molecule has 1 fully saturated rings. The SMILES string of the molecule is O=[N+]([O-])c1ccccc1NC1CCCCC1C(F)(F)F. The van der Waals surface area contributed by atoms with E-state index >= 15 is 0 Å². The molecule has 1 N–H and O–H groups in total. The van der Waals surface area contributed by atoms with Gasteiger partial charge in [-0.25, -0.2) is 0 Å². The van der Waals surface area contributed by atoms with Crippen molar-refractivity contribution in [3.8, 4) is 0 Å². The Balaban J connectivity index is 2.21. The smallest absolute Gasteiger partial charge is 0.376 e. The third kappa shape index (κ3) is 3.20. The van der Waals surface area contributed by atoms with E-state index in [1.54, 1.807) is 6.07 Å². The van der Waals surface area contributed by atoms with Crippen LogP contribution in [-0.2, 0) is 0 Å². The van der Waals surface area contributed by atoms with Crippen LogP contribution in [0.2, 0.25) is 0 Å². The van der Waals surface area contributed by atoms with Gasteiger partial charge in [0.2, 0.25) is 0 Å². The second kappa shape index (κ2) is 5.68. The lowest BCUT2D eigenvalue weighted by molar-refractivity contribution is -0.384. The van der Waals surface area contributed by atoms with Crippen LogP contribution in [0.1, 0.15) is 25.7 Å². The number of halogens is 3. The molecule has 4 nitrogen and oxygen atoms in total. The van der Waals surface area contributed by atoms with Crippen LogP contribution in [0.25, 0.3) is 0 Å². The monoisotopic (exact) mass is 288 g/mol. The van der Waals surface area contributed by atoms with Crippen molar-refractivity contribution >= 4 is 11.4 Å². The molecule has 0 saturated heterocycles. The number of nitrogens with one attached hydrogen (secondary N) is 1. The summed E-state index contributed by atoms with van der Waals surface area (Å²) in [6.07, 6.45) is -2.59. The molecule has 1 aliphatic carbocycles. The summed E-state index contributed by atoms with van der Waals surface area (Å²) in [6, 6.07) is 4.99. The highest BCUT2D eigenvalue weighted by Crippen LogP contribution is 2.39. The molecule has 1 saturated carbocycles. The number of rotatable bonds is 3. The Kier molecular flexibility index (Phi) is 4.15. The molecular formula is C13H15F3N2O2. The summed E-state index contributed by atoms with van der Waals surface area (Å²) in [5, 5.41) is 13.6. The lowest BCUT2D eigenvalue weighted by Crippen LogP contribution is -2.41. The van der Waals surface area contributed by atoms with E-state index < -0.39 is 23.1 Å². The van der Waals surface area contributed by atoms with Gasteiger partial charge in [-0.05, 0) is 18.9 Å². The zero-order chi connectivity index (χ0) is 14.8. The first-order chi connectivity index (χ1) is 9.39. The normalized spacial score (nSPS) is 23.4. The van der Waals surface area contributed by atoms with Crippen molar-refractivity contribution < 1.29 is 18.1 Å². The summed E-state index contributed by atoms with van der Waals surface area (Å²) >= 11 is 0. The summed E-state index contributed by atoms with van der Waals surface area (Å²) in [5.41, 5.74) is -0.0438. The predicted octanol–water partition coefficient (Wildman–Crippen LogP) is 4.13. The number of nitro groups is 1. The van der Waals surface area contributed by atoms with Gasteiger partial charge in [0.1, 0.15) is 5.69 Å². The van der Waals surface area contributed by atoms with Gasteiger partial charge in [0.15, 0.2) is 0 Å². The molecular weight excluding hydrogens is 273 g/mol. The number of benzene rings is 1. The van der Waals surface area contributed by atoms with E-state index in [0.717, 1.165) is 0 Å². The lowest BCUT2D eigenvalue weighted by Gasteiger charge is -2.34. The molecule has 0 aromatic heterocycles. The fraction of sp³-hybridized carbons (Fsp3) is 0.538. The van der Waals surface area contributed by atoms with Crippen LogP contribution in [-0.4, -0.2) is 17.1 Å². The minimum atomic E-state index is -4.28. The van der Waals surface area contributed by atoms with Crippen molar-refractivity contribution in [1.82, 2.24) is 0 Å². The van der Waals surface area contributed by atoms with Crippen LogP contribution in [0, 0.1) is 16.0 Å². The average molecular weight is 288 g/mol. The van der Waals surface area contributed by atoms with Gasteiger partial charge in [-0.15, -0.1) is 0 Å². The maximum Gasteiger partial charge on any atom is 0.393 e. The highest BCUT2D eigenvalue weighted by atomic mass is 19.4. The summed E-state index contributed by atoms with van der Waals surface area (Å²) in [6.45, 7) is 0. The van der Waals surface area contributed by atoms with Crippen molar-refractivity contribution in [3.05, 3.63) is 34.4 Å². The quantitative estimate of drug-likeness (QED) is 0.672. The van der Waals surface area contributed by atoms with Crippen LogP contribution in [0.5, 0.6) is 0 Å². The maximum atomic E-state index is 13.0. The predicted molar refractivity (Wildman–Crippen MR) is 68.5 cm³/mol. The number of alkyl halides is 3. The zero-order valence-corrected chi connectivity index (χ0v) is 10.7. The van der Waals surface area contributed by atoms with E-state index in [2.05, 4.69) is 5.32 Å². The van der Waals surface area contributed by atoms with Crippen molar-refractivity contribution in [2.45, 2.75) is 37.9 Å². The molecule has 1 aliphatic rings. The topological polar surface area (TPSA) is 55.2 Å². The van der Waals surface area contributed by atoms with E-state index in [-0.39, 0.29) is 17.8 Å². The Bertz CT molecular complexity index is 491. The maximum absolute atomic E-state index is 13.0. The van der Waals surface area contributed by atoms with Crippen LogP contribution in [0.3, 0.4) is 0 Å². The number of hydrogen-bond acceptors (Lipinski definition) is 3. The Morgan fingerprint density at radius 1 is 1.20 bits per heavy atom. The summed E-state index contributed by atoms with van der Waals surface area (Å²) < 4.78 is 38.9. The molecule has 1 aromatic carbocycles. The second-order valence-electron chi connectivity index (χ2n) is 4.96. The third-order valence-corrected chi connectivity index (χ3v) is 3.63. The van der Waals surface area contributed by atoms with Crippen molar-refractivity contribution in [1.29, 1.82) is 0 Å². The van der Waals surface area contributed by atoms with Gasteiger partial charge in [-0.3, -0.25) is 10.1 Å². The molecule has 2 atom stereocenters. The highest BCUT2D eigenvalue weighted by Gasteiger charge is 2.45. The summed E-state index contributed by atoms with van der Waals surface area (Å²) in [7, 11) is 0. The Morgan fingerprint density at radius 2 is 1.85 bits per heavy atom. The first-order valence-corrected chi connectivity index (χ1v) is 6.46. The molecule has 0 aliphatic heterocycles. The zero-order valence-electron chi connectivity index (χ0n) is 10.7. The highest BCUT2D eigenvalue weighted by molar-refractivity contribution is 5.61. The molecule has 0 spiro atoms. The standard InChI is InChI=1S/C13H15F3N2O2/c14-13(15,16)9-5-1-2-6-10(9)17-11-7-3-4-8-12(11)18(19)20/h3-4,7-10,17H,1-2,5-6H2. The van der Waals surface area contributed by atoms with Crippen molar-refractivity contribution in [2.75, 3.05) is 5.32 Å². The van der Waals surface area contributed by atoms with Crippen molar-refractivity contribution in [3.63, 3.8) is 0 Å². The van der Waals surface area contributed by atoms with Gasteiger partial charge in [-0.2, -0.15) is 13.2 Å².